The van der Waals surface area contributed by atoms with Crippen LogP contribution in [0.25, 0.3) is 0 Å². The Bertz CT molecular complexity index is 398. The van der Waals surface area contributed by atoms with Crippen molar-refractivity contribution < 1.29 is 4.74 Å². The third kappa shape index (κ3) is 4.61. The van der Waals surface area contributed by atoms with Gasteiger partial charge in [-0.2, -0.15) is 0 Å². The average molecular weight is 317 g/mol. The number of nitrogens with one attached hydrogen (secondary N) is 1. The first-order chi connectivity index (χ1) is 8.04. The molecule has 0 radical (unpaired) electrons. The van der Waals surface area contributed by atoms with Crippen LogP contribution in [-0.2, 0) is 4.74 Å². The summed E-state index contributed by atoms with van der Waals surface area (Å²) in [5, 5.41) is 3.29. The van der Waals surface area contributed by atoms with Gasteiger partial charge in [0.05, 0.1) is 6.10 Å². The summed E-state index contributed by atoms with van der Waals surface area (Å²) >= 11 is 8.43. The van der Waals surface area contributed by atoms with Crippen molar-refractivity contribution in [1.29, 1.82) is 0 Å². The van der Waals surface area contributed by atoms with Crippen LogP contribution in [-0.4, -0.2) is 24.2 Å². The Morgan fingerprint density at radius 3 is 2.88 bits per heavy atom. The molecule has 0 saturated carbocycles. The van der Waals surface area contributed by atoms with Crippen molar-refractivity contribution in [3.05, 3.63) is 28.2 Å². The fourth-order valence-electron chi connectivity index (χ4n) is 1.47. The zero-order valence-electron chi connectivity index (χ0n) is 10.00. The lowest BCUT2D eigenvalue weighted by Crippen LogP contribution is -2.21. The van der Waals surface area contributed by atoms with Gasteiger partial charge in [-0.1, -0.05) is 28.1 Å². The molecule has 1 unspecified atom stereocenters. The van der Waals surface area contributed by atoms with Crippen LogP contribution in [0.3, 0.4) is 0 Å². The van der Waals surface area contributed by atoms with E-state index in [4.69, 9.17) is 22.7 Å². The van der Waals surface area contributed by atoms with E-state index in [2.05, 4.69) is 21.2 Å². The summed E-state index contributed by atoms with van der Waals surface area (Å²) in [5.41, 5.74) is 7.47. The van der Waals surface area contributed by atoms with Gasteiger partial charge in [-0.25, -0.2) is 0 Å². The van der Waals surface area contributed by atoms with Crippen LogP contribution in [0.2, 0.25) is 0 Å². The lowest BCUT2D eigenvalue weighted by Gasteiger charge is -2.16. The number of thiocarbonyl (C=S) groups is 1. The maximum Gasteiger partial charge on any atom is 0.106 e. The molecule has 1 atom stereocenters. The molecule has 94 valence electrons. The van der Waals surface area contributed by atoms with Crippen LogP contribution < -0.4 is 11.1 Å². The van der Waals surface area contributed by atoms with E-state index < -0.39 is 0 Å². The maximum absolute atomic E-state index is 5.69. The predicted molar refractivity (Wildman–Crippen MR) is 79.6 cm³/mol. The number of anilines is 1. The molecule has 0 aromatic heterocycles. The second-order valence-electron chi connectivity index (χ2n) is 3.70. The molecule has 0 bridgehead atoms. The standard InChI is InChI=1S/C12H17BrN2OS/c1-3-16-8(2)7-15-11-5-4-9(13)6-10(11)12(14)17/h4-6,8,15H,3,7H2,1-2H3,(H2,14,17). The van der Waals surface area contributed by atoms with Gasteiger partial charge in [0.15, 0.2) is 0 Å². The molecule has 0 fully saturated rings. The molecule has 0 spiro atoms. The van der Waals surface area contributed by atoms with Gasteiger partial charge in [0.2, 0.25) is 0 Å². The summed E-state index contributed by atoms with van der Waals surface area (Å²) in [5.74, 6) is 0. The van der Waals surface area contributed by atoms with Crippen LogP contribution in [0, 0.1) is 0 Å². The summed E-state index contributed by atoms with van der Waals surface area (Å²) in [4.78, 5) is 0.387. The molecule has 3 N–H and O–H groups in total. The normalized spacial score (nSPS) is 12.2. The van der Waals surface area contributed by atoms with Crippen LogP contribution in [0.15, 0.2) is 22.7 Å². The molecule has 17 heavy (non-hydrogen) atoms. The first-order valence-corrected chi connectivity index (χ1v) is 6.69. The molecule has 1 rings (SSSR count). The van der Waals surface area contributed by atoms with Crippen molar-refractivity contribution >= 4 is 38.8 Å². The third-order valence-corrected chi connectivity index (χ3v) is 2.99. The Labute approximate surface area is 116 Å². The van der Waals surface area contributed by atoms with Crippen molar-refractivity contribution in [2.24, 2.45) is 5.73 Å². The van der Waals surface area contributed by atoms with Gasteiger partial charge in [-0.05, 0) is 32.0 Å². The minimum atomic E-state index is 0.155. The van der Waals surface area contributed by atoms with Crippen LogP contribution in [0.5, 0.6) is 0 Å². The molecule has 1 aromatic carbocycles. The van der Waals surface area contributed by atoms with E-state index in [1.54, 1.807) is 0 Å². The lowest BCUT2D eigenvalue weighted by molar-refractivity contribution is 0.0855. The Balaban J connectivity index is 2.73. The van der Waals surface area contributed by atoms with Gasteiger partial charge in [0, 0.05) is 28.9 Å². The Morgan fingerprint density at radius 2 is 2.29 bits per heavy atom. The van der Waals surface area contributed by atoms with Gasteiger partial charge in [0.25, 0.3) is 0 Å². The number of nitrogens with two attached hydrogens (primary N) is 1. The second kappa shape index (κ2) is 6.93. The highest BCUT2D eigenvalue weighted by Gasteiger charge is 2.07. The molecule has 0 amide bonds. The minimum Gasteiger partial charge on any atom is -0.389 e. The fraction of sp³-hybridized carbons (Fsp3) is 0.417. The highest BCUT2D eigenvalue weighted by Crippen LogP contribution is 2.21. The van der Waals surface area contributed by atoms with Crippen molar-refractivity contribution in [3.63, 3.8) is 0 Å². The van der Waals surface area contributed by atoms with Crippen molar-refractivity contribution in [3.8, 4) is 0 Å². The van der Waals surface area contributed by atoms with E-state index >= 15 is 0 Å². The Morgan fingerprint density at radius 1 is 1.59 bits per heavy atom. The number of benzene rings is 1. The fourth-order valence-corrected chi connectivity index (χ4v) is 2.00. The van der Waals surface area contributed by atoms with E-state index in [-0.39, 0.29) is 6.10 Å². The molecule has 0 heterocycles. The smallest absolute Gasteiger partial charge is 0.106 e. The van der Waals surface area contributed by atoms with Crippen molar-refractivity contribution in [2.75, 3.05) is 18.5 Å². The number of hydrogen-bond donors (Lipinski definition) is 2. The van der Waals surface area contributed by atoms with Crippen molar-refractivity contribution in [1.82, 2.24) is 0 Å². The summed E-state index contributed by atoms with van der Waals surface area (Å²) in [6.45, 7) is 5.45. The first kappa shape index (κ1) is 14.4. The molecule has 3 nitrogen and oxygen atoms in total. The Hall–Kier alpha value is -0.650. The van der Waals surface area contributed by atoms with Gasteiger partial charge in [0.1, 0.15) is 4.99 Å². The number of ether oxygens (including phenoxy) is 1. The summed E-state index contributed by atoms with van der Waals surface area (Å²) in [6, 6.07) is 5.82. The quantitative estimate of drug-likeness (QED) is 0.792. The first-order valence-electron chi connectivity index (χ1n) is 5.49. The molecule has 0 saturated heterocycles. The molecule has 0 aliphatic rings. The van der Waals surface area contributed by atoms with Gasteiger partial charge < -0.3 is 15.8 Å². The van der Waals surface area contributed by atoms with E-state index in [1.807, 2.05) is 32.0 Å². The molecular formula is C12H17BrN2OS. The molecule has 1 aromatic rings. The molecular weight excluding hydrogens is 300 g/mol. The SMILES string of the molecule is CCOC(C)CNc1ccc(Br)cc1C(N)=S. The van der Waals surface area contributed by atoms with E-state index in [0.717, 1.165) is 22.3 Å². The lowest BCUT2D eigenvalue weighted by atomic mass is 10.1. The van der Waals surface area contributed by atoms with E-state index in [0.29, 0.717) is 11.6 Å². The molecule has 0 aliphatic carbocycles. The summed E-state index contributed by atoms with van der Waals surface area (Å²) in [7, 11) is 0. The maximum atomic E-state index is 5.69. The largest absolute Gasteiger partial charge is 0.389 e. The summed E-state index contributed by atoms with van der Waals surface area (Å²) in [6.07, 6.45) is 0.155. The van der Waals surface area contributed by atoms with Crippen LogP contribution in [0.1, 0.15) is 19.4 Å². The minimum absolute atomic E-state index is 0.155. The van der Waals surface area contributed by atoms with Gasteiger partial charge >= 0.3 is 0 Å². The monoisotopic (exact) mass is 316 g/mol. The van der Waals surface area contributed by atoms with Crippen molar-refractivity contribution in [2.45, 2.75) is 20.0 Å². The topological polar surface area (TPSA) is 47.3 Å². The zero-order valence-corrected chi connectivity index (χ0v) is 12.4. The number of rotatable bonds is 6. The molecule has 0 aliphatic heterocycles. The highest BCUT2D eigenvalue weighted by atomic mass is 79.9. The average Bonchev–Trinajstić information content (AvgIpc) is 2.27. The van der Waals surface area contributed by atoms with E-state index in [9.17, 15) is 0 Å². The third-order valence-electron chi connectivity index (χ3n) is 2.28. The van der Waals surface area contributed by atoms with E-state index in [1.165, 1.54) is 0 Å². The second-order valence-corrected chi connectivity index (χ2v) is 5.06. The number of hydrogen-bond acceptors (Lipinski definition) is 3. The van der Waals surface area contributed by atoms with Gasteiger partial charge in [-0.3, -0.25) is 0 Å². The highest BCUT2D eigenvalue weighted by molar-refractivity contribution is 9.10. The zero-order chi connectivity index (χ0) is 12.8. The Kier molecular flexibility index (Phi) is 5.88. The van der Waals surface area contributed by atoms with Crippen LogP contribution in [0.4, 0.5) is 5.69 Å². The number of halogens is 1. The summed E-state index contributed by atoms with van der Waals surface area (Å²) < 4.78 is 6.41. The van der Waals surface area contributed by atoms with Crippen LogP contribution >= 0.6 is 28.1 Å². The predicted octanol–water partition coefficient (Wildman–Crippen LogP) is 2.92. The van der Waals surface area contributed by atoms with Gasteiger partial charge in [-0.15, -0.1) is 0 Å². The molecule has 5 heteroatoms.